The van der Waals surface area contributed by atoms with Crippen molar-refractivity contribution in [2.24, 2.45) is 0 Å². The Bertz CT molecular complexity index is 387. The van der Waals surface area contributed by atoms with Crippen LogP contribution in [0, 0.1) is 0 Å². The number of hydrogen-bond donors (Lipinski definition) is 1. The molecule has 15 heavy (non-hydrogen) atoms. The van der Waals surface area contributed by atoms with Gasteiger partial charge in [0, 0.05) is 10.6 Å². The van der Waals surface area contributed by atoms with Crippen LogP contribution in [0.15, 0.2) is 29.8 Å². The zero-order valence-electron chi connectivity index (χ0n) is 8.37. The first-order valence-electron chi connectivity index (χ1n) is 4.94. The molecule has 1 unspecified atom stereocenters. The molecular weight excluding hydrogens is 212 g/mol. The topological polar surface area (TPSA) is 29.5 Å². The SMILES string of the molecule is C=C(Cl)COc1cccc2c1CCC2O. The molecule has 0 saturated heterocycles. The number of rotatable bonds is 3. The average Bonchev–Trinajstić information content (AvgIpc) is 2.58. The normalized spacial score (nSPS) is 18.7. The molecule has 0 bridgehead atoms. The first-order chi connectivity index (χ1) is 7.18. The third kappa shape index (κ3) is 2.16. The van der Waals surface area contributed by atoms with Gasteiger partial charge in [-0.1, -0.05) is 30.3 Å². The van der Waals surface area contributed by atoms with Gasteiger partial charge < -0.3 is 9.84 Å². The van der Waals surface area contributed by atoms with Crippen molar-refractivity contribution in [3.8, 4) is 5.75 Å². The monoisotopic (exact) mass is 224 g/mol. The van der Waals surface area contributed by atoms with Gasteiger partial charge in [-0.2, -0.15) is 0 Å². The summed E-state index contributed by atoms with van der Waals surface area (Å²) in [5, 5.41) is 10.2. The molecule has 3 heteroatoms. The van der Waals surface area contributed by atoms with Crippen LogP contribution in [-0.2, 0) is 6.42 Å². The number of halogens is 1. The maximum Gasteiger partial charge on any atom is 0.123 e. The summed E-state index contributed by atoms with van der Waals surface area (Å²) < 4.78 is 5.52. The molecule has 0 fully saturated rings. The van der Waals surface area contributed by atoms with E-state index in [1.165, 1.54) is 0 Å². The second-order valence-corrected chi connectivity index (χ2v) is 4.22. The van der Waals surface area contributed by atoms with Crippen molar-refractivity contribution in [1.82, 2.24) is 0 Å². The number of ether oxygens (including phenoxy) is 1. The van der Waals surface area contributed by atoms with E-state index in [2.05, 4.69) is 6.58 Å². The van der Waals surface area contributed by atoms with Gasteiger partial charge in [-0.15, -0.1) is 0 Å². The summed E-state index contributed by atoms with van der Waals surface area (Å²) in [6.45, 7) is 3.88. The van der Waals surface area contributed by atoms with Crippen LogP contribution in [0.1, 0.15) is 23.7 Å². The number of fused-ring (bicyclic) bond motifs is 1. The Morgan fingerprint density at radius 1 is 1.60 bits per heavy atom. The van der Waals surface area contributed by atoms with Crippen LogP contribution < -0.4 is 4.74 Å². The lowest BCUT2D eigenvalue weighted by Gasteiger charge is -2.10. The van der Waals surface area contributed by atoms with E-state index in [4.69, 9.17) is 16.3 Å². The highest BCUT2D eigenvalue weighted by Gasteiger charge is 2.22. The fourth-order valence-corrected chi connectivity index (χ4v) is 1.94. The smallest absolute Gasteiger partial charge is 0.123 e. The molecule has 80 valence electrons. The summed E-state index contributed by atoms with van der Waals surface area (Å²) in [4.78, 5) is 0. The van der Waals surface area contributed by atoms with Crippen molar-refractivity contribution in [3.05, 3.63) is 40.9 Å². The van der Waals surface area contributed by atoms with E-state index in [1.54, 1.807) is 0 Å². The molecule has 1 aliphatic rings. The zero-order chi connectivity index (χ0) is 10.8. The number of benzene rings is 1. The summed E-state index contributed by atoms with van der Waals surface area (Å²) in [7, 11) is 0. The summed E-state index contributed by atoms with van der Waals surface area (Å²) in [6, 6.07) is 5.73. The quantitative estimate of drug-likeness (QED) is 0.856. The van der Waals surface area contributed by atoms with E-state index in [1.807, 2.05) is 18.2 Å². The second kappa shape index (κ2) is 4.25. The maximum atomic E-state index is 9.68. The average molecular weight is 225 g/mol. The third-order valence-corrected chi connectivity index (χ3v) is 2.69. The van der Waals surface area contributed by atoms with Crippen molar-refractivity contribution in [2.75, 3.05) is 6.61 Å². The van der Waals surface area contributed by atoms with Crippen LogP contribution in [0.5, 0.6) is 5.75 Å². The lowest BCUT2D eigenvalue weighted by molar-refractivity contribution is 0.180. The Labute approximate surface area is 94.1 Å². The van der Waals surface area contributed by atoms with Crippen LogP contribution in [0.4, 0.5) is 0 Å². The van der Waals surface area contributed by atoms with E-state index in [0.717, 1.165) is 29.7 Å². The fourth-order valence-electron chi connectivity index (χ4n) is 1.89. The Balaban J connectivity index is 2.22. The first kappa shape index (κ1) is 10.5. The largest absolute Gasteiger partial charge is 0.488 e. The number of aliphatic hydroxyl groups excluding tert-OH is 1. The molecule has 1 N–H and O–H groups in total. The molecule has 0 aliphatic heterocycles. The molecule has 2 nitrogen and oxygen atoms in total. The Kier molecular flexibility index (Phi) is 2.98. The van der Waals surface area contributed by atoms with Gasteiger partial charge in [-0.3, -0.25) is 0 Å². The van der Waals surface area contributed by atoms with Crippen LogP contribution in [0.25, 0.3) is 0 Å². The molecule has 0 aromatic heterocycles. The van der Waals surface area contributed by atoms with E-state index in [0.29, 0.717) is 11.6 Å². The van der Waals surface area contributed by atoms with Crippen molar-refractivity contribution in [1.29, 1.82) is 0 Å². The Hall–Kier alpha value is -0.990. The molecule has 1 aromatic carbocycles. The van der Waals surface area contributed by atoms with E-state index < -0.39 is 0 Å². The highest BCUT2D eigenvalue weighted by molar-refractivity contribution is 6.29. The first-order valence-corrected chi connectivity index (χ1v) is 5.32. The molecule has 1 aromatic rings. The molecule has 1 atom stereocenters. The summed E-state index contributed by atoms with van der Waals surface area (Å²) in [5.74, 6) is 0.811. The minimum Gasteiger partial charge on any atom is -0.488 e. The molecular formula is C12H13ClO2. The van der Waals surface area contributed by atoms with E-state index in [9.17, 15) is 5.11 Å². The highest BCUT2D eigenvalue weighted by Crippen LogP contribution is 2.36. The van der Waals surface area contributed by atoms with E-state index >= 15 is 0 Å². The van der Waals surface area contributed by atoms with Crippen molar-refractivity contribution in [2.45, 2.75) is 18.9 Å². The summed E-state index contributed by atoms with van der Waals surface area (Å²) in [5.41, 5.74) is 2.08. The predicted octanol–water partition coefficient (Wildman–Crippen LogP) is 2.80. The highest BCUT2D eigenvalue weighted by atomic mass is 35.5. The van der Waals surface area contributed by atoms with Gasteiger partial charge in [0.15, 0.2) is 0 Å². The van der Waals surface area contributed by atoms with Gasteiger partial charge in [0.05, 0.1) is 6.10 Å². The molecule has 0 spiro atoms. The number of hydrogen-bond acceptors (Lipinski definition) is 2. The van der Waals surface area contributed by atoms with Crippen LogP contribution in [-0.4, -0.2) is 11.7 Å². The molecule has 0 saturated carbocycles. The minimum absolute atomic E-state index is 0.314. The van der Waals surface area contributed by atoms with Crippen LogP contribution in [0.2, 0.25) is 0 Å². The van der Waals surface area contributed by atoms with Gasteiger partial charge in [-0.25, -0.2) is 0 Å². The van der Waals surface area contributed by atoms with Crippen LogP contribution in [0.3, 0.4) is 0 Å². The van der Waals surface area contributed by atoms with Crippen molar-refractivity contribution >= 4 is 11.6 Å². The second-order valence-electron chi connectivity index (χ2n) is 3.68. The summed E-state index contributed by atoms with van der Waals surface area (Å²) >= 11 is 5.64. The summed E-state index contributed by atoms with van der Waals surface area (Å²) in [6.07, 6.45) is 1.29. The van der Waals surface area contributed by atoms with Crippen molar-refractivity contribution in [3.63, 3.8) is 0 Å². The van der Waals surface area contributed by atoms with E-state index in [-0.39, 0.29) is 6.10 Å². The third-order valence-electron chi connectivity index (χ3n) is 2.58. The van der Waals surface area contributed by atoms with Gasteiger partial charge in [0.25, 0.3) is 0 Å². The van der Waals surface area contributed by atoms with Gasteiger partial charge in [-0.05, 0) is 24.5 Å². The maximum absolute atomic E-state index is 9.68. The molecule has 2 rings (SSSR count). The number of aliphatic hydroxyl groups is 1. The molecule has 0 heterocycles. The lowest BCUT2D eigenvalue weighted by Crippen LogP contribution is -1.99. The molecule has 1 aliphatic carbocycles. The zero-order valence-corrected chi connectivity index (χ0v) is 9.13. The van der Waals surface area contributed by atoms with Gasteiger partial charge >= 0.3 is 0 Å². The fraction of sp³-hybridized carbons (Fsp3) is 0.333. The van der Waals surface area contributed by atoms with Gasteiger partial charge in [0.2, 0.25) is 0 Å². The Morgan fingerprint density at radius 3 is 3.13 bits per heavy atom. The van der Waals surface area contributed by atoms with Crippen molar-refractivity contribution < 1.29 is 9.84 Å². The predicted molar refractivity (Wildman–Crippen MR) is 60.2 cm³/mol. The molecule has 0 radical (unpaired) electrons. The Morgan fingerprint density at radius 2 is 2.40 bits per heavy atom. The minimum atomic E-state index is -0.345. The van der Waals surface area contributed by atoms with Crippen LogP contribution >= 0.6 is 11.6 Å². The standard InChI is InChI=1S/C12H13ClO2/c1-8(13)7-15-12-4-2-3-9-10(12)5-6-11(9)14/h2-4,11,14H,1,5-7H2. The lowest BCUT2D eigenvalue weighted by atomic mass is 10.1. The molecule has 0 amide bonds. The van der Waals surface area contributed by atoms with Gasteiger partial charge in [0.1, 0.15) is 12.4 Å².